The first-order valence-electron chi connectivity index (χ1n) is 12.1. The summed E-state index contributed by atoms with van der Waals surface area (Å²) in [6.07, 6.45) is 0. The Labute approximate surface area is 234 Å². The van der Waals surface area contributed by atoms with E-state index in [4.69, 9.17) is 23.2 Å². The zero-order chi connectivity index (χ0) is 28.0. The number of amides is 2. The number of hydrogen-bond donors (Lipinski definition) is 1. The van der Waals surface area contributed by atoms with Crippen LogP contribution in [0.4, 0.5) is 5.69 Å². The number of carbonyl (C=O) groups excluding carboxylic acids is 2. The van der Waals surface area contributed by atoms with Crippen molar-refractivity contribution in [1.82, 2.24) is 10.2 Å². The van der Waals surface area contributed by atoms with Gasteiger partial charge in [0.2, 0.25) is 11.8 Å². The molecule has 0 aliphatic rings. The van der Waals surface area contributed by atoms with Gasteiger partial charge in [-0.3, -0.25) is 13.9 Å². The quantitative estimate of drug-likeness (QED) is 0.348. The highest BCUT2D eigenvalue weighted by Crippen LogP contribution is 2.31. The minimum Gasteiger partial charge on any atom is -0.352 e. The molecule has 0 saturated carbocycles. The number of nitrogens with zero attached hydrogens (tertiary/aromatic N) is 2. The molecule has 10 heteroatoms. The zero-order valence-corrected chi connectivity index (χ0v) is 24.0. The van der Waals surface area contributed by atoms with Gasteiger partial charge in [-0.25, -0.2) is 8.42 Å². The Morgan fingerprint density at radius 2 is 1.53 bits per heavy atom. The Balaban J connectivity index is 2.06. The number of hydrogen-bond acceptors (Lipinski definition) is 4. The third-order valence-electron chi connectivity index (χ3n) is 5.98. The molecule has 0 aromatic heterocycles. The number of sulfonamides is 1. The van der Waals surface area contributed by atoms with Crippen LogP contribution in [-0.4, -0.2) is 43.8 Å². The summed E-state index contributed by atoms with van der Waals surface area (Å²) in [5.41, 5.74) is 1.53. The first-order valence-corrected chi connectivity index (χ1v) is 14.3. The van der Waals surface area contributed by atoms with Gasteiger partial charge < -0.3 is 10.2 Å². The predicted octanol–water partition coefficient (Wildman–Crippen LogP) is 5.44. The zero-order valence-electron chi connectivity index (χ0n) is 21.7. The Kier molecular flexibility index (Phi) is 9.82. The van der Waals surface area contributed by atoms with Gasteiger partial charge in [0.25, 0.3) is 10.0 Å². The topological polar surface area (TPSA) is 86.8 Å². The van der Waals surface area contributed by atoms with Crippen LogP contribution in [0.2, 0.25) is 10.0 Å². The van der Waals surface area contributed by atoms with E-state index in [1.165, 1.54) is 17.0 Å². The van der Waals surface area contributed by atoms with Gasteiger partial charge in [-0.15, -0.1) is 0 Å². The van der Waals surface area contributed by atoms with E-state index >= 15 is 0 Å². The van der Waals surface area contributed by atoms with Gasteiger partial charge in [0.05, 0.1) is 10.6 Å². The molecule has 7 nitrogen and oxygen atoms in total. The number of rotatable bonds is 10. The Bertz CT molecular complexity index is 1380. The summed E-state index contributed by atoms with van der Waals surface area (Å²) in [6, 6.07) is 18.7. The minimum atomic E-state index is -4.16. The SMILES string of the molecule is Cc1c(Cl)cccc1N(CC(=O)N(Cc1ccc(Cl)cc1)C(C)C(=O)NC(C)C)S(=O)(=O)c1ccccc1. The van der Waals surface area contributed by atoms with Crippen LogP contribution < -0.4 is 9.62 Å². The normalized spacial score (nSPS) is 12.2. The van der Waals surface area contributed by atoms with Gasteiger partial charge in [0, 0.05) is 22.6 Å². The molecule has 2 amide bonds. The van der Waals surface area contributed by atoms with Crippen molar-refractivity contribution in [2.75, 3.05) is 10.8 Å². The Hall–Kier alpha value is -3.07. The molecule has 3 aromatic rings. The smallest absolute Gasteiger partial charge is 0.264 e. The molecule has 1 unspecified atom stereocenters. The van der Waals surface area contributed by atoms with E-state index < -0.39 is 28.5 Å². The molecule has 0 bridgehead atoms. The Morgan fingerprint density at radius 1 is 0.895 bits per heavy atom. The summed E-state index contributed by atoms with van der Waals surface area (Å²) in [7, 11) is -4.16. The average molecular weight is 577 g/mol. The lowest BCUT2D eigenvalue weighted by Crippen LogP contribution is -2.52. The highest BCUT2D eigenvalue weighted by Gasteiger charge is 2.33. The molecule has 1 N–H and O–H groups in total. The lowest BCUT2D eigenvalue weighted by molar-refractivity contribution is -0.139. The Morgan fingerprint density at radius 3 is 2.13 bits per heavy atom. The fourth-order valence-corrected chi connectivity index (χ4v) is 5.66. The van der Waals surface area contributed by atoms with Crippen molar-refractivity contribution in [3.63, 3.8) is 0 Å². The van der Waals surface area contributed by atoms with Gasteiger partial charge in [0.1, 0.15) is 12.6 Å². The van der Waals surface area contributed by atoms with Crippen molar-refractivity contribution in [3.05, 3.63) is 94.0 Å². The summed E-state index contributed by atoms with van der Waals surface area (Å²) in [4.78, 5) is 28.2. The van der Waals surface area contributed by atoms with Crippen LogP contribution in [0.3, 0.4) is 0 Å². The predicted molar refractivity (Wildman–Crippen MR) is 152 cm³/mol. The molecular formula is C28H31Cl2N3O4S. The maximum Gasteiger partial charge on any atom is 0.264 e. The van der Waals surface area contributed by atoms with E-state index in [2.05, 4.69) is 5.32 Å². The maximum atomic E-state index is 13.9. The van der Waals surface area contributed by atoms with E-state index in [9.17, 15) is 18.0 Å². The molecule has 0 saturated heterocycles. The van der Waals surface area contributed by atoms with Crippen LogP contribution in [0, 0.1) is 6.92 Å². The fourth-order valence-electron chi connectivity index (χ4n) is 3.87. The summed E-state index contributed by atoms with van der Waals surface area (Å²) in [6.45, 7) is 6.51. The third kappa shape index (κ3) is 7.07. The van der Waals surface area contributed by atoms with E-state index in [0.717, 1.165) is 9.87 Å². The van der Waals surface area contributed by atoms with Crippen LogP contribution in [-0.2, 0) is 26.2 Å². The van der Waals surface area contributed by atoms with Gasteiger partial charge in [-0.05, 0) is 75.2 Å². The second-order valence-electron chi connectivity index (χ2n) is 9.20. The summed E-state index contributed by atoms with van der Waals surface area (Å²) in [5.74, 6) is -0.899. The van der Waals surface area contributed by atoms with Crippen molar-refractivity contribution in [2.24, 2.45) is 0 Å². The van der Waals surface area contributed by atoms with Crippen LogP contribution in [0.25, 0.3) is 0 Å². The van der Waals surface area contributed by atoms with Crippen molar-refractivity contribution >= 4 is 50.7 Å². The second kappa shape index (κ2) is 12.7. The van der Waals surface area contributed by atoms with E-state index in [1.807, 2.05) is 13.8 Å². The van der Waals surface area contributed by atoms with Crippen molar-refractivity contribution in [3.8, 4) is 0 Å². The lowest BCUT2D eigenvalue weighted by atomic mass is 10.1. The van der Waals surface area contributed by atoms with Crippen LogP contribution in [0.5, 0.6) is 0 Å². The number of benzene rings is 3. The molecule has 0 aliphatic carbocycles. The monoisotopic (exact) mass is 575 g/mol. The summed E-state index contributed by atoms with van der Waals surface area (Å²) >= 11 is 12.4. The molecule has 3 rings (SSSR count). The van der Waals surface area contributed by atoms with E-state index in [0.29, 0.717) is 15.6 Å². The molecule has 0 spiro atoms. The molecule has 0 fully saturated rings. The highest BCUT2D eigenvalue weighted by atomic mass is 35.5. The molecule has 0 aliphatic heterocycles. The first-order chi connectivity index (χ1) is 17.9. The number of nitrogens with one attached hydrogen (secondary N) is 1. The minimum absolute atomic E-state index is 0.0297. The van der Waals surface area contributed by atoms with Crippen LogP contribution >= 0.6 is 23.2 Å². The molecule has 0 radical (unpaired) electrons. The van der Waals surface area contributed by atoms with Crippen molar-refractivity contribution in [2.45, 2.75) is 51.2 Å². The van der Waals surface area contributed by atoms with Gasteiger partial charge in [-0.1, -0.05) is 59.6 Å². The van der Waals surface area contributed by atoms with Gasteiger partial charge in [0.15, 0.2) is 0 Å². The second-order valence-corrected chi connectivity index (χ2v) is 11.9. The third-order valence-corrected chi connectivity index (χ3v) is 8.42. The number of halogens is 2. The molecular weight excluding hydrogens is 545 g/mol. The van der Waals surface area contributed by atoms with Crippen LogP contribution in [0.15, 0.2) is 77.7 Å². The molecule has 1 atom stereocenters. The average Bonchev–Trinajstić information content (AvgIpc) is 2.88. The molecule has 202 valence electrons. The first kappa shape index (κ1) is 29.5. The fraction of sp³-hybridized carbons (Fsp3) is 0.286. The molecule has 3 aromatic carbocycles. The highest BCUT2D eigenvalue weighted by molar-refractivity contribution is 7.92. The summed E-state index contributed by atoms with van der Waals surface area (Å²) < 4.78 is 28.7. The van der Waals surface area contributed by atoms with Crippen molar-refractivity contribution in [1.29, 1.82) is 0 Å². The van der Waals surface area contributed by atoms with Crippen LogP contribution in [0.1, 0.15) is 31.9 Å². The molecule has 0 heterocycles. The van der Waals surface area contributed by atoms with E-state index in [-0.39, 0.29) is 29.1 Å². The number of anilines is 1. The van der Waals surface area contributed by atoms with Gasteiger partial charge in [-0.2, -0.15) is 0 Å². The largest absolute Gasteiger partial charge is 0.352 e. The maximum absolute atomic E-state index is 13.9. The molecule has 38 heavy (non-hydrogen) atoms. The number of carbonyl (C=O) groups is 2. The standard InChI is InChI=1S/C28H31Cl2N3O4S/c1-19(2)31-28(35)21(4)32(17-22-13-15-23(29)16-14-22)27(34)18-33(26-12-8-11-25(30)20(26)3)38(36,37)24-9-6-5-7-10-24/h5-16,19,21H,17-18H2,1-4H3,(H,31,35). The summed E-state index contributed by atoms with van der Waals surface area (Å²) in [5, 5.41) is 3.73. The van der Waals surface area contributed by atoms with Crippen molar-refractivity contribution < 1.29 is 18.0 Å². The van der Waals surface area contributed by atoms with Gasteiger partial charge >= 0.3 is 0 Å². The lowest BCUT2D eigenvalue weighted by Gasteiger charge is -2.32. The van der Waals surface area contributed by atoms with E-state index in [1.54, 1.807) is 74.5 Å².